The lowest BCUT2D eigenvalue weighted by Crippen LogP contribution is -2.34. The second kappa shape index (κ2) is 3.93. The van der Waals surface area contributed by atoms with Crippen LogP contribution in [0.15, 0.2) is 53.0 Å². The molecule has 0 saturated carbocycles. The summed E-state index contributed by atoms with van der Waals surface area (Å²) in [5, 5.41) is 10.7. The molecule has 0 fully saturated rings. The number of aliphatic hydroxyl groups is 1. The zero-order chi connectivity index (χ0) is 12.8. The van der Waals surface area contributed by atoms with E-state index in [1.54, 1.807) is 42.5 Å². The van der Waals surface area contributed by atoms with Gasteiger partial charge in [0, 0.05) is 5.56 Å². The lowest BCUT2D eigenvalue weighted by atomic mass is 9.88. The molecule has 0 bridgehead atoms. The van der Waals surface area contributed by atoms with Crippen LogP contribution in [0.25, 0.3) is 0 Å². The normalized spacial score (nSPS) is 21.6. The predicted octanol–water partition coefficient (Wildman–Crippen LogP) is 2.60. The van der Waals surface area contributed by atoms with Gasteiger partial charge in [0.05, 0.1) is 4.47 Å². The molecule has 90 valence electrons. The van der Waals surface area contributed by atoms with Crippen molar-refractivity contribution in [1.29, 1.82) is 0 Å². The summed E-state index contributed by atoms with van der Waals surface area (Å²) in [7, 11) is 0. The van der Waals surface area contributed by atoms with Gasteiger partial charge in [-0.3, -0.25) is 0 Å². The van der Waals surface area contributed by atoms with Gasteiger partial charge < -0.3 is 9.84 Å². The molecule has 0 saturated heterocycles. The molecular weight excluding hydrogens is 296 g/mol. The maximum atomic E-state index is 12.0. The highest BCUT2D eigenvalue weighted by molar-refractivity contribution is 9.10. The summed E-state index contributed by atoms with van der Waals surface area (Å²) in [6.45, 7) is 0. The summed E-state index contributed by atoms with van der Waals surface area (Å²) in [5.74, 6) is -0.288. The monoisotopic (exact) mass is 304 g/mol. The molecule has 0 spiro atoms. The average Bonchev–Trinajstić information content (AvgIpc) is 2.66. The SMILES string of the molecule is O=C1Oc2c(Br)cccc2C1(O)c1ccccc1. The van der Waals surface area contributed by atoms with Gasteiger partial charge >= 0.3 is 5.97 Å². The zero-order valence-electron chi connectivity index (χ0n) is 9.26. The maximum absolute atomic E-state index is 12.0. The molecule has 3 rings (SSSR count). The Kier molecular flexibility index (Phi) is 2.50. The van der Waals surface area contributed by atoms with E-state index >= 15 is 0 Å². The second-order valence-electron chi connectivity index (χ2n) is 4.08. The van der Waals surface area contributed by atoms with Crippen molar-refractivity contribution in [3.8, 4) is 5.75 Å². The number of benzene rings is 2. The minimum Gasteiger partial charge on any atom is -0.422 e. The third-order valence-corrected chi connectivity index (χ3v) is 3.66. The molecular formula is C14H9BrO3. The highest BCUT2D eigenvalue weighted by atomic mass is 79.9. The van der Waals surface area contributed by atoms with Crippen molar-refractivity contribution in [1.82, 2.24) is 0 Å². The Hall–Kier alpha value is -1.65. The molecule has 4 heteroatoms. The number of para-hydroxylation sites is 1. The van der Waals surface area contributed by atoms with E-state index in [-0.39, 0.29) is 0 Å². The lowest BCUT2D eigenvalue weighted by Gasteiger charge is -2.19. The predicted molar refractivity (Wildman–Crippen MR) is 69.2 cm³/mol. The lowest BCUT2D eigenvalue weighted by molar-refractivity contribution is -0.147. The van der Waals surface area contributed by atoms with Crippen molar-refractivity contribution in [2.45, 2.75) is 5.60 Å². The van der Waals surface area contributed by atoms with E-state index in [1.807, 2.05) is 6.07 Å². The minimum absolute atomic E-state index is 0.383. The van der Waals surface area contributed by atoms with Crippen molar-refractivity contribution in [3.05, 3.63) is 64.1 Å². The molecule has 0 aliphatic carbocycles. The summed E-state index contributed by atoms with van der Waals surface area (Å²) in [5.41, 5.74) is -0.750. The van der Waals surface area contributed by atoms with E-state index in [1.165, 1.54) is 0 Å². The van der Waals surface area contributed by atoms with Crippen LogP contribution in [0, 0.1) is 0 Å². The van der Waals surface area contributed by atoms with Crippen LogP contribution in [0.1, 0.15) is 11.1 Å². The number of hydrogen-bond donors (Lipinski definition) is 1. The van der Waals surface area contributed by atoms with E-state index in [0.717, 1.165) is 0 Å². The van der Waals surface area contributed by atoms with Gasteiger partial charge in [-0.05, 0) is 27.6 Å². The topological polar surface area (TPSA) is 46.5 Å². The number of hydrogen-bond acceptors (Lipinski definition) is 3. The van der Waals surface area contributed by atoms with Gasteiger partial charge in [0.2, 0.25) is 5.60 Å². The number of carbonyl (C=O) groups excluding carboxylic acids is 1. The van der Waals surface area contributed by atoms with Crippen LogP contribution in [0.2, 0.25) is 0 Å². The van der Waals surface area contributed by atoms with Gasteiger partial charge in [-0.2, -0.15) is 0 Å². The van der Waals surface area contributed by atoms with Crippen LogP contribution < -0.4 is 4.74 Å². The van der Waals surface area contributed by atoms with Crippen LogP contribution in [-0.4, -0.2) is 11.1 Å². The number of halogens is 1. The molecule has 2 aromatic rings. The van der Waals surface area contributed by atoms with Gasteiger partial charge in [0.25, 0.3) is 0 Å². The smallest absolute Gasteiger partial charge is 0.353 e. The molecule has 1 N–H and O–H groups in total. The number of rotatable bonds is 1. The van der Waals surface area contributed by atoms with E-state index in [2.05, 4.69) is 15.9 Å². The van der Waals surface area contributed by atoms with Crippen LogP contribution in [0.3, 0.4) is 0 Å². The summed E-state index contributed by atoms with van der Waals surface area (Å²) in [6.07, 6.45) is 0. The van der Waals surface area contributed by atoms with Gasteiger partial charge in [-0.15, -0.1) is 0 Å². The first-order chi connectivity index (χ1) is 8.64. The third-order valence-electron chi connectivity index (χ3n) is 3.04. The Balaban J connectivity index is 2.26. The molecule has 18 heavy (non-hydrogen) atoms. The van der Waals surface area contributed by atoms with Gasteiger partial charge in [0.1, 0.15) is 0 Å². The van der Waals surface area contributed by atoms with E-state index in [4.69, 9.17) is 4.74 Å². The van der Waals surface area contributed by atoms with E-state index in [0.29, 0.717) is 21.3 Å². The summed E-state index contributed by atoms with van der Waals surface area (Å²) >= 11 is 3.31. The fourth-order valence-electron chi connectivity index (χ4n) is 2.13. The second-order valence-corrected chi connectivity index (χ2v) is 4.94. The molecule has 1 unspecified atom stereocenters. The molecule has 0 aromatic heterocycles. The summed E-state index contributed by atoms with van der Waals surface area (Å²) < 4.78 is 5.82. The van der Waals surface area contributed by atoms with Crippen LogP contribution in [-0.2, 0) is 10.4 Å². The maximum Gasteiger partial charge on any atom is 0.353 e. The number of ether oxygens (including phenoxy) is 1. The number of carbonyl (C=O) groups is 1. The van der Waals surface area contributed by atoms with Gasteiger partial charge in [0.15, 0.2) is 5.75 Å². The Morgan fingerprint density at radius 1 is 1.06 bits per heavy atom. The molecule has 1 aliphatic rings. The Bertz CT molecular complexity index is 624. The van der Waals surface area contributed by atoms with Crippen molar-refractivity contribution in [2.24, 2.45) is 0 Å². The highest BCUT2D eigenvalue weighted by Crippen LogP contribution is 2.45. The minimum atomic E-state index is -1.72. The molecule has 0 radical (unpaired) electrons. The Morgan fingerprint density at radius 3 is 2.50 bits per heavy atom. The van der Waals surface area contributed by atoms with Crippen molar-refractivity contribution >= 4 is 21.9 Å². The van der Waals surface area contributed by atoms with Crippen LogP contribution in [0.4, 0.5) is 0 Å². The van der Waals surface area contributed by atoms with Gasteiger partial charge in [-0.25, -0.2) is 4.79 Å². The Labute approximate surface area is 112 Å². The van der Waals surface area contributed by atoms with Crippen LogP contribution in [0.5, 0.6) is 5.75 Å². The molecule has 1 aliphatic heterocycles. The Morgan fingerprint density at radius 2 is 1.78 bits per heavy atom. The first kappa shape index (κ1) is 11.4. The van der Waals surface area contributed by atoms with E-state index in [9.17, 15) is 9.90 Å². The van der Waals surface area contributed by atoms with Crippen molar-refractivity contribution in [3.63, 3.8) is 0 Å². The number of fused-ring (bicyclic) bond motifs is 1. The molecule has 1 atom stereocenters. The molecule has 0 amide bonds. The first-order valence-electron chi connectivity index (χ1n) is 5.43. The fourth-order valence-corrected chi connectivity index (χ4v) is 2.57. The molecule has 1 heterocycles. The first-order valence-corrected chi connectivity index (χ1v) is 6.22. The fraction of sp³-hybridized carbons (Fsp3) is 0.0714. The largest absolute Gasteiger partial charge is 0.422 e. The highest BCUT2D eigenvalue weighted by Gasteiger charge is 2.49. The third kappa shape index (κ3) is 1.43. The summed E-state index contributed by atoms with van der Waals surface area (Å²) in [6, 6.07) is 14.0. The van der Waals surface area contributed by atoms with Crippen molar-refractivity contribution in [2.75, 3.05) is 0 Å². The molecule has 2 aromatic carbocycles. The standard InChI is InChI=1S/C14H9BrO3/c15-11-8-4-7-10-12(11)18-13(16)14(10,17)9-5-2-1-3-6-9/h1-8,17H. The molecule has 3 nitrogen and oxygen atoms in total. The van der Waals surface area contributed by atoms with E-state index < -0.39 is 11.6 Å². The number of esters is 1. The van der Waals surface area contributed by atoms with Gasteiger partial charge in [-0.1, -0.05) is 42.5 Å². The zero-order valence-corrected chi connectivity index (χ0v) is 10.8. The average molecular weight is 305 g/mol. The quantitative estimate of drug-likeness (QED) is 0.651. The van der Waals surface area contributed by atoms with Crippen molar-refractivity contribution < 1.29 is 14.6 Å². The summed E-state index contributed by atoms with van der Waals surface area (Å²) in [4.78, 5) is 12.0. The van der Waals surface area contributed by atoms with Crippen LogP contribution >= 0.6 is 15.9 Å².